The average Bonchev–Trinajstić information content (AvgIpc) is 3.13. The van der Waals surface area contributed by atoms with Crippen LogP contribution in [0.5, 0.6) is 0 Å². The van der Waals surface area contributed by atoms with Crippen molar-refractivity contribution < 1.29 is 9.53 Å². The lowest BCUT2D eigenvalue weighted by atomic mass is 9.78. The van der Waals surface area contributed by atoms with E-state index in [2.05, 4.69) is 55.9 Å². The third-order valence-electron chi connectivity index (χ3n) is 6.36. The third kappa shape index (κ3) is 5.15. The Hall–Kier alpha value is -2.27. The predicted octanol–water partition coefficient (Wildman–Crippen LogP) is 5.95. The highest BCUT2D eigenvalue weighted by molar-refractivity contribution is 5.94. The number of nitrogens with zero attached hydrogens (tertiary/aromatic N) is 2. The molecule has 1 N–H and O–H groups in total. The van der Waals surface area contributed by atoms with E-state index in [0.29, 0.717) is 18.2 Å². The van der Waals surface area contributed by atoms with E-state index in [9.17, 15) is 4.79 Å². The number of H-pyrrole nitrogens is 1. The van der Waals surface area contributed by atoms with Gasteiger partial charge in [-0.15, -0.1) is 0 Å². The normalized spacial score (nSPS) is 21.0. The molecule has 31 heavy (non-hydrogen) atoms. The van der Waals surface area contributed by atoms with Crippen LogP contribution in [0.15, 0.2) is 24.4 Å². The maximum atomic E-state index is 12.9. The molecule has 166 valence electrons. The van der Waals surface area contributed by atoms with Crippen LogP contribution in [-0.4, -0.2) is 31.9 Å². The molecule has 2 aliphatic rings. The fourth-order valence-electron chi connectivity index (χ4n) is 5.31. The molecule has 0 unspecified atom stereocenters. The van der Waals surface area contributed by atoms with Crippen molar-refractivity contribution in [3.63, 3.8) is 0 Å². The number of imidazole rings is 1. The highest BCUT2D eigenvalue weighted by Gasteiger charge is 2.40. The van der Waals surface area contributed by atoms with Crippen LogP contribution in [-0.2, 0) is 11.2 Å². The number of nitrogens with one attached hydrogen (secondary N) is 1. The Morgan fingerprint density at radius 3 is 2.52 bits per heavy atom. The van der Waals surface area contributed by atoms with Crippen LogP contribution < -0.4 is 0 Å². The molecule has 4 rings (SSSR count). The van der Waals surface area contributed by atoms with Crippen molar-refractivity contribution in [3.05, 3.63) is 52.9 Å². The molecule has 1 aliphatic heterocycles. The first-order valence-electron chi connectivity index (χ1n) is 11.6. The van der Waals surface area contributed by atoms with Gasteiger partial charge in [-0.1, -0.05) is 12.1 Å². The molecule has 0 spiro atoms. The Bertz CT molecular complexity index is 984. The van der Waals surface area contributed by atoms with E-state index in [4.69, 9.17) is 9.72 Å². The summed E-state index contributed by atoms with van der Waals surface area (Å²) < 4.78 is 6.29. The molecule has 0 aromatic carbocycles. The van der Waals surface area contributed by atoms with Crippen LogP contribution in [0.25, 0.3) is 5.57 Å². The molecule has 1 aliphatic carbocycles. The zero-order valence-electron chi connectivity index (χ0n) is 19.5. The Kier molecular flexibility index (Phi) is 5.91. The lowest BCUT2D eigenvalue weighted by Gasteiger charge is -2.45. The number of carbonyl (C=O) groups excluding carboxylic acids is 1. The Balaban J connectivity index is 1.68. The summed E-state index contributed by atoms with van der Waals surface area (Å²) in [5.74, 6) is 0.783. The van der Waals surface area contributed by atoms with Crippen molar-refractivity contribution in [3.8, 4) is 0 Å². The van der Waals surface area contributed by atoms with Crippen molar-refractivity contribution in [1.82, 2.24) is 15.0 Å². The van der Waals surface area contributed by atoms with Crippen molar-refractivity contribution in [2.24, 2.45) is 0 Å². The summed E-state index contributed by atoms with van der Waals surface area (Å²) in [5, 5.41) is 0. The van der Waals surface area contributed by atoms with Crippen LogP contribution in [0.3, 0.4) is 0 Å². The second-order valence-corrected chi connectivity index (χ2v) is 10.5. The van der Waals surface area contributed by atoms with Gasteiger partial charge in [0.15, 0.2) is 5.82 Å². The standard InChI is InChI=1S/C26H35N3O2/c1-17-16-27-24(28-17)22(30)13-19-11-12-21(29-23(19)18-9-7-6-8-10-18)20-14-25(2,3)31-26(4,5)15-20/h9,11-12,16,20H,6-8,10,13-15H2,1-5H3,(H,27,28). The molecule has 2 aromatic heterocycles. The number of allylic oxidation sites excluding steroid dienone is 2. The zero-order chi connectivity index (χ0) is 22.2. The molecule has 0 bridgehead atoms. The topological polar surface area (TPSA) is 67.9 Å². The van der Waals surface area contributed by atoms with Gasteiger partial charge in [0.2, 0.25) is 5.78 Å². The summed E-state index contributed by atoms with van der Waals surface area (Å²) >= 11 is 0. The number of pyridine rings is 1. The molecule has 0 radical (unpaired) electrons. The number of rotatable bonds is 5. The second-order valence-electron chi connectivity index (χ2n) is 10.5. The average molecular weight is 422 g/mol. The Morgan fingerprint density at radius 2 is 1.90 bits per heavy atom. The summed E-state index contributed by atoms with van der Waals surface area (Å²) in [6.07, 6.45) is 10.8. The van der Waals surface area contributed by atoms with Gasteiger partial charge in [-0.05, 0) is 90.3 Å². The van der Waals surface area contributed by atoms with E-state index >= 15 is 0 Å². The second kappa shape index (κ2) is 8.34. The fourth-order valence-corrected chi connectivity index (χ4v) is 5.31. The van der Waals surface area contributed by atoms with E-state index in [1.165, 1.54) is 18.4 Å². The number of carbonyl (C=O) groups is 1. The molecule has 1 fully saturated rings. The molecule has 0 atom stereocenters. The third-order valence-corrected chi connectivity index (χ3v) is 6.36. The van der Waals surface area contributed by atoms with E-state index in [1.54, 1.807) is 6.20 Å². The number of ether oxygens (including phenoxy) is 1. The molecule has 2 aromatic rings. The first-order valence-corrected chi connectivity index (χ1v) is 11.6. The van der Waals surface area contributed by atoms with Gasteiger partial charge in [0.25, 0.3) is 0 Å². The van der Waals surface area contributed by atoms with Crippen LogP contribution in [0.1, 0.15) is 105 Å². The summed E-state index contributed by atoms with van der Waals surface area (Å²) in [4.78, 5) is 25.3. The summed E-state index contributed by atoms with van der Waals surface area (Å²) in [6.45, 7) is 10.6. The molecule has 3 heterocycles. The summed E-state index contributed by atoms with van der Waals surface area (Å²) in [7, 11) is 0. The van der Waals surface area contributed by atoms with E-state index < -0.39 is 0 Å². The lowest BCUT2D eigenvalue weighted by molar-refractivity contribution is -0.162. The van der Waals surface area contributed by atoms with Crippen molar-refractivity contribution >= 4 is 11.4 Å². The van der Waals surface area contributed by atoms with Gasteiger partial charge in [0.05, 0.1) is 16.9 Å². The number of Topliss-reactive ketones (excluding diaryl/α,β-unsaturated/α-hetero) is 1. The van der Waals surface area contributed by atoms with E-state index in [1.807, 2.05) is 6.92 Å². The maximum absolute atomic E-state index is 12.9. The fraction of sp³-hybridized carbons (Fsp3) is 0.577. The highest BCUT2D eigenvalue weighted by atomic mass is 16.5. The minimum Gasteiger partial charge on any atom is -0.370 e. The largest absolute Gasteiger partial charge is 0.370 e. The monoisotopic (exact) mass is 421 g/mol. The van der Waals surface area contributed by atoms with Gasteiger partial charge in [-0.25, -0.2) is 4.98 Å². The van der Waals surface area contributed by atoms with E-state index in [-0.39, 0.29) is 17.0 Å². The van der Waals surface area contributed by atoms with Gasteiger partial charge in [-0.3, -0.25) is 9.78 Å². The van der Waals surface area contributed by atoms with Gasteiger partial charge in [-0.2, -0.15) is 0 Å². The molecular formula is C26H35N3O2. The maximum Gasteiger partial charge on any atom is 0.202 e. The number of aryl methyl sites for hydroxylation is 1. The number of hydrogen-bond acceptors (Lipinski definition) is 4. The van der Waals surface area contributed by atoms with Crippen LogP contribution in [0, 0.1) is 6.92 Å². The summed E-state index contributed by atoms with van der Waals surface area (Å²) in [5.41, 5.74) is 4.97. The van der Waals surface area contributed by atoms with Crippen LogP contribution in [0.4, 0.5) is 0 Å². The number of hydrogen-bond donors (Lipinski definition) is 1. The summed E-state index contributed by atoms with van der Waals surface area (Å²) in [6, 6.07) is 4.25. The van der Waals surface area contributed by atoms with Crippen molar-refractivity contribution in [1.29, 1.82) is 0 Å². The molecule has 0 saturated carbocycles. The Morgan fingerprint density at radius 1 is 1.16 bits per heavy atom. The molecule has 0 amide bonds. The molecule has 1 saturated heterocycles. The first kappa shape index (κ1) is 21.9. The molecule has 5 nitrogen and oxygen atoms in total. The van der Waals surface area contributed by atoms with Crippen LogP contribution >= 0.6 is 0 Å². The minimum absolute atomic E-state index is 0.00800. The van der Waals surface area contributed by atoms with Crippen molar-refractivity contribution in [2.75, 3.05) is 0 Å². The van der Waals surface area contributed by atoms with Crippen LogP contribution in [0.2, 0.25) is 0 Å². The van der Waals surface area contributed by atoms with Gasteiger partial charge >= 0.3 is 0 Å². The zero-order valence-corrected chi connectivity index (χ0v) is 19.5. The number of aromatic amines is 1. The SMILES string of the molecule is Cc1cnc(C(=O)Cc2ccc(C3CC(C)(C)OC(C)(C)C3)nc2C2=CCCCC2)[nH]1. The smallest absolute Gasteiger partial charge is 0.202 e. The number of aromatic nitrogens is 3. The van der Waals surface area contributed by atoms with Crippen molar-refractivity contribution in [2.45, 2.75) is 96.7 Å². The minimum atomic E-state index is -0.176. The van der Waals surface area contributed by atoms with Gasteiger partial charge < -0.3 is 9.72 Å². The quantitative estimate of drug-likeness (QED) is 0.606. The predicted molar refractivity (Wildman–Crippen MR) is 123 cm³/mol. The van der Waals surface area contributed by atoms with E-state index in [0.717, 1.165) is 48.3 Å². The highest BCUT2D eigenvalue weighted by Crippen LogP contribution is 2.43. The first-order chi connectivity index (χ1) is 14.6. The Labute approximate surface area is 185 Å². The molecule has 5 heteroatoms. The van der Waals surface area contributed by atoms with Gasteiger partial charge in [0, 0.05) is 29.9 Å². The molecular weight excluding hydrogens is 386 g/mol. The number of ketones is 1. The van der Waals surface area contributed by atoms with Gasteiger partial charge in [0.1, 0.15) is 0 Å². The lowest BCUT2D eigenvalue weighted by Crippen LogP contribution is -2.44.